The fourth-order valence-electron chi connectivity index (χ4n) is 5.91. The number of amides is 2. The van der Waals surface area contributed by atoms with E-state index in [2.05, 4.69) is 34.9 Å². The molecule has 184 valence electrons. The molecule has 2 fully saturated rings. The second kappa shape index (κ2) is 10.1. The number of aliphatic carboxylic acids is 1. The average Bonchev–Trinajstić information content (AvgIpc) is 3.17. The van der Waals surface area contributed by atoms with Gasteiger partial charge in [0.05, 0.1) is 5.92 Å². The van der Waals surface area contributed by atoms with Crippen LogP contribution < -0.4 is 10.6 Å². The van der Waals surface area contributed by atoms with Gasteiger partial charge < -0.3 is 20.5 Å². The van der Waals surface area contributed by atoms with E-state index in [4.69, 9.17) is 9.84 Å². The number of nitrogens with one attached hydrogen (secondary N) is 2. The van der Waals surface area contributed by atoms with Gasteiger partial charge in [-0.2, -0.15) is 0 Å². The van der Waals surface area contributed by atoms with Crippen LogP contribution in [0.4, 0.5) is 4.79 Å². The minimum atomic E-state index is -0.793. The molecule has 5 rings (SSSR count). The SMILES string of the molecule is O=C(NCC1CCCCC1C(=O)NC1CC(C(=O)O)C1)OCC1c2ccccc2-c2ccccc21. The quantitative estimate of drug-likeness (QED) is 0.552. The third-order valence-corrected chi connectivity index (χ3v) is 7.93. The predicted octanol–water partition coefficient (Wildman–Crippen LogP) is 4.31. The second-order valence-corrected chi connectivity index (χ2v) is 10.1. The van der Waals surface area contributed by atoms with Crippen LogP contribution >= 0.6 is 0 Å². The van der Waals surface area contributed by atoms with E-state index in [9.17, 15) is 14.4 Å². The lowest BCUT2D eigenvalue weighted by atomic mass is 9.76. The molecule has 3 aliphatic carbocycles. The minimum Gasteiger partial charge on any atom is -0.481 e. The van der Waals surface area contributed by atoms with E-state index < -0.39 is 12.1 Å². The molecule has 2 aromatic rings. The van der Waals surface area contributed by atoms with Gasteiger partial charge in [-0.1, -0.05) is 61.4 Å². The van der Waals surface area contributed by atoms with Crippen LogP contribution in [0.2, 0.25) is 0 Å². The van der Waals surface area contributed by atoms with Crippen molar-refractivity contribution >= 4 is 18.0 Å². The number of carbonyl (C=O) groups is 3. The maximum Gasteiger partial charge on any atom is 0.407 e. The molecule has 35 heavy (non-hydrogen) atoms. The van der Waals surface area contributed by atoms with Crippen LogP contribution in [0.3, 0.4) is 0 Å². The zero-order valence-corrected chi connectivity index (χ0v) is 19.7. The fraction of sp³-hybridized carbons (Fsp3) is 0.464. The number of carbonyl (C=O) groups excluding carboxylic acids is 2. The first kappa shape index (κ1) is 23.4. The van der Waals surface area contributed by atoms with Gasteiger partial charge in [-0.25, -0.2) is 4.79 Å². The van der Waals surface area contributed by atoms with Gasteiger partial charge in [0.2, 0.25) is 5.91 Å². The molecule has 3 N–H and O–H groups in total. The number of fused-ring (bicyclic) bond motifs is 3. The molecule has 2 aromatic carbocycles. The Morgan fingerprint density at radius 3 is 2.20 bits per heavy atom. The van der Waals surface area contributed by atoms with Gasteiger partial charge in [-0.15, -0.1) is 0 Å². The van der Waals surface area contributed by atoms with E-state index in [0.29, 0.717) is 19.4 Å². The highest BCUT2D eigenvalue weighted by Gasteiger charge is 2.38. The molecule has 0 spiro atoms. The molecule has 7 heteroatoms. The summed E-state index contributed by atoms with van der Waals surface area (Å²) in [5.41, 5.74) is 4.72. The van der Waals surface area contributed by atoms with Gasteiger partial charge in [0.1, 0.15) is 6.61 Å². The van der Waals surface area contributed by atoms with Crippen LogP contribution in [0.15, 0.2) is 48.5 Å². The summed E-state index contributed by atoms with van der Waals surface area (Å²) in [6.07, 6.45) is 4.22. The molecular weight excluding hydrogens is 444 g/mol. The summed E-state index contributed by atoms with van der Waals surface area (Å²) in [6, 6.07) is 16.4. The fourth-order valence-corrected chi connectivity index (χ4v) is 5.91. The maximum atomic E-state index is 12.9. The van der Waals surface area contributed by atoms with Gasteiger partial charge in [0.25, 0.3) is 0 Å². The lowest BCUT2D eigenvalue weighted by molar-refractivity contribution is -0.146. The summed E-state index contributed by atoms with van der Waals surface area (Å²) >= 11 is 0. The monoisotopic (exact) mass is 476 g/mol. The van der Waals surface area contributed by atoms with E-state index in [1.54, 1.807) is 0 Å². The number of ether oxygens (including phenoxy) is 1. The van der Waals surface area contributed by atoms with E-state index in [1.807, 2.05) is 24.3 Å². The molecule has 0 heterocycles. The normalized spacial score (nSPS) is 25.0. The molecule has 0 aliphatic heterocycles. The average molecular weight is 477 g/mol. The van der Waals surface area contributed by atoms with Gasteiger partial charge >= 0.3 is 12.1 Å². The smallest absolute Gasteiger partial charge is 0.407 e. The summed E-state index contributed by atoms with van der Waals surface area (Å²) in [4.78, 5) is 36.5. The molecule has 7 nitrogen and oxygen atoms in total. The third kappa shape index (κ3) is 4.90. The first-order chi connectivity index (χ1) is 17.0. The van der Waals surface area contributed by atoms with Crippen molar-refractivity contribution in [2.75, 3.05) is 13.2 Å². The molecule has 0 aromatic heterocycles. The largest absolute Gasteiger partial charge is 0.481 e. The maximum absolute atomic E-state index is 12.9. The highest BCUT2D eigenvalue weighted by Crippen LogP contribution is 2.44. The first-order valence-electron chi connectivity index (χ1n) is 12.6. The van der Waals surface area contributed by atoms with Crippen LogP contribution in [0, 0.1) is 17.8 Å². The van der Waals surface area contributed by atoms with Crippen molar-refractivity contribution in [1.29, 1.82) is 0 Å². The molecule has 0 bridgehead atoms. The second-order valence-electron chi connectivity index (χ2n) is 10.1. The van der Waals surface area contributed by atoms with Crippen molar-refractivity contribution in [2.24, 2.45) is 17.8 Å². The Kier molecular flexibility index (Phi) is 6.75. The van der Waals surface area contributed by atoms with Gasteiger partial charge in [-0.05, 0) is 53.9 Å². The summed E-state index contributed by atoms with van der Waals surface area (Å²) < 4.78 is 5.65. The summed E-state index contributed by atoms with van der Waals surface area (Å²) in [5, 5.41) is 15.0. The Labute approximate surface area is 205 Å². The van der Waals surface area contributed by atoms with Crippen LogP contribution in [0.5, 0.6) is 0 Å². The number of benzene rings is 2. The Balaban J connectivity index is 1.13. The lowest BCUT2D eigenvalue weighted by Gasteiger charge is -2.36. The Morgan fingerprint density at radius 2 is 1.54 bits per heavy atom. The number of alkyl carbamates (subject to hydrolysis) is 1. The Morgan fingerprint density at radius 1 is 0.914 bits per heavy atom. The van der Waals surface area contributed by atoms with E-state index in [-0.39, 0.29) is 42.2 Å². The zero-order chi connectivity index (χ0) is 24.4. The van der Waals surface area contributed by atoms with Crippen molar-refractivity contribution in [3.63, 3.8) is 0 Å². The molecule has 2 unspecified atom stereocenters. The topological polar surface area (TPSA) is 105 Å². The molecule has 3 aliphatic rings. The van der Waals surface area contributed by atoms with Gasteiger partial charge in [0, 0.05) is 24.4 Å². The molecule has 2 atom stereocenters. The van der Waals surface area contributed by atoms with E-state index in [1.165, 1.54) is 22.3 Å². The number of hydrogen-bond acceptors (Lipinski definition) is 4. The molecule has 0 saturated heterocycles. The number of carboxylic acids is 1. The molecule has 2 saturated carbocycles. The minimum absolute atomic E-state index is 0.0125. The summed E-state index contributed by atoms with van der Waals surface area (Å²) in [7, 11) is 0. The molecule has 2 amide bonds. The lowest BCUT2D eigenvalue weighted by Crippen LogP contribution is -2.50. The first-order valence-corrected chi connectivity index (χ1v) is 12.6. The standard InChI is InChI=1S/C28H32N2O5/c31-26(30-19-13-18(14-19)27(32)33)20-8-2-1-7-17(20)15-29-28(34)35-16-25-23-11-5-3-9-21(23)22-10-4-6-12-24(22)25/h3-6,9-12,17-20,25H,1-2,7-8,13-16H2,(H,29,34)(H,30,31)(H,32,33). The van der Waals surface area contributed by atoms with E-state index >= 15 is 0 Å². The van der Waals surface area contributed by atoms with Crippen LogP contribution in [0.25, 0.3) is 11.1 Å². The Hall–Kier alpha value is -3.35. The molecular formula is C28H32N2O5. The van der Waals surface area contributed by atoms with Gasteiger partial charge in [0.15, 0.2) is 0 Å². The van der Waals surface area contributed by atoms with Crippen molar-refractivity contribution in [2.45, 2.75) is 50.5 Å². The highest BCUT2D eigenvalue weighted by atomic mass is 16.5. The van der Waals surface area contributed by atoms with E-state index in [0.717, 1.165) is 25.7 Å². The molecule has 0 radical (unpaired) electrons. The predicted molar refractivity (Wildman–Crippen MR) is 131 cm³/mol. The third-order valence-electron chi connectivity index (χ3n) is 7.93. The Bertz CT molecular complexity index is 1060. The highest BCUT2D eigenvalue weighted by molar-refractivity contribution is 5.81. The van der Waals surface area contributed by atoms with Gasteiger partial charge in [-0.3, -0.25) is 9.59 Å². The summed E-state index contributed by atoms with van der Waals surface area (Å²) in [5.74, 6) is -1.26. The number of hydrogen-bond donors (Lipinski definition) is 3. The van der Waals surface area contributed by atoms with Crippen LogP contribution in [0.1, 0.15) is 55.6 Å². The van der Waals surface area contributed by atoms with Crippen molar-refractivity contribution < 1.29 is 24.2 Å². The number of carboxylic acid groups (broad SMARTS) is 1. The van der Waals surface area contributed by atoms with Crippen LogP contribution in [-0.4, -0.2) is 42.3 Å². The zero-order valence-electron chi connectivity index (χ0n) is 19.7. The van der Waals surface area contributed by atoms with Crippen molar-refractivity contribution in [3.05, 3.63) is 59.7 Å². The van der Waals surface area contributed by atoms with Crippen LogP contribution in [-0.2, 0) is 14.3 Å². The number of rotatable bonds is 7. The van der Waals surface area contributed by atoms with Crippen molar-refractivity contribution in [3.8, 4) is 11.1 Å². The van der Waals surface area contributed by atoms with Crippen molar-refractivity contribution in [1.82, 2.24) is 10.6 Å². The summed E-state index contributed by atoms with van der Waals surface area (Å²) in [6.45, 7) is 0.665.